The molecule has 0 aliphatic carbocycles. The number of halogens is 3. The average molecular weight is 380 g/mol. The molecule has 0 heterocycles. The van der Waals surface area contributed by atoms with Crippen LogP contribution in [0.1, 0.15) is 11.1 Å². The van der Waals surface area contributed by atoms with Crippen LogP contribution in [0, 0.1) is 10.1 Å². The molecule has 0 saturated carbocycles. The number of non-ortho nitro benzene ring substituents is 1. The third-order valence-corrected chi connectivity index (χ3v) is 3.32. The lowest BCUT2D eigenvalue weighted by molar-refractivity contribution is -0.384. The molecule has 0 saturated heterocycles. The Bertz CT molecular complexity index is 816. The molecule has 142 valence electrons. The summed E-state index contributed by atoms with van der Waals surface area (Å²) in [6.07, 6.45) is -1.61. The summed E-state index contributed by atoms with van der Waals surface area (Å²) in [7, 11) is 0. The van der Waals surface area contributed by atoms with Crippen LogP contribution in [0.3, 0.4) is 0 Å². The molecule has 1 N–H and O–H groups in total. The zero-order valence-electron chi connectivity index (χ0n) is 13.9. The van der Waals surface area contributed by atoms with Gasteiger partial charge in [0.05, 0.1) is 4.92 Å². The SMILES string of the molecule is O=C(/C=C/c1ccc([N+](=O)[O-])cc1)NCc1ccc(OCC(F)(F)F)cc1. The molecule has 0 fully saturated rings. The van der Waals surface area contributed by atoms with Gasteiger partial charge in [-0.15, -0.1) is 0 Å². The summed E-state index contributed by atoms with van der Waals surface area (Å²) >= 11 is 0. The molecule has 0 aliphatic rings. The number of nitro groups is 1. The minimum Gasteiger partial charge on any atom is -0.484 e. The molecule has 1 amide bonds. The molecule has 0 unspecified atom stereocenters. The first-order valence-electron chi connectivity index (χ1n) is 7.72. The van der Waals surface area contributed by atoms with Crippen molar-refractivity contribution in [2.24, 2.45) is 0 Å². The van der Waals surface area contributed by atoms with Crippen molar-refractivity contribution in [2.45, 2.75) is 12.7 Å². The van der Waals surface area contributed by atoms with E-state index in [0.717, 1.165) is 0 Å². The Labute approximate surface area is 152 Å². The largest absolute Gasteiger partial charge is 0.484 e. The monoisotopic (exact) mass is 380 g/mol. The van der Waals surface area contributed by atoms with Crippen LogP contribution in [0.2, 0.25) is 0 Å². The van der Waals surface area contributed by atoms with Crippen molar-refractivity contribution in [3.8, 4) is 5.75 Å². The lowest BCUT2D eigenvalue weighted by Gasteiger charge is -2.09. The molecule has 0 atom stereocenters. The summed E-state index contributed by atoms with van der Waals surface area (Å²) in [6.45, 7) is -1.18. The minimum atomic E-state index is -4.40. The molecule has 0 spiro atoms. The van der Waals surface area contributed by atoms with E-state index in [1.165, 1.54) is 48.6 Å². The number of nitro benzene ring substituents is 1. The van der Waals surface area contributed by atoms with Crippen molar-refractivity contribution in [1.29, 1.82) is 0 Å². The molecule has 27 heavy (non-hydrogen) atoms. The molecular weight excluding hydrogens is 365 g/mol. The van der Waals surface area contributed by atoms with Crippen molar-refractivity contribution in [3.63, 3.8) is 0 Å². The highest BCUT2D eigenvalue weighted by Crippen LogP contribution is 2.19. The quantitative estimate of drug-likeness (QED) is 0.449. The van der Waals surface area contributed by atoms with Crippen LogP contribution < -0.4 is 10.1 Å². The molecular formula is C18H15F3N2O4. The second-order valence-electron chi connectivity index (χ2n) is 5.45. The highest BCUT2D eigenvalue weighted by atomic mass is 19.4. The number of rotatable bonds is 7. The summed E-state index contributed by atoms with van der Waals surface area (Å²) in [6, 6.07) is 11.6. The van der Waals surface area contributed by atoms with Crippen molar-refractivity contribution in [1.82, 2.24) is 5.32 Å². The number of benzene rings is 2. The molecule has 2 rings (SSSR count). The van der Waals surface area contributed by atoms with Crippen LogP contribution in [-0.2, 0) is 11.3 Å². The van der Waals surface area contributed by atoms with E-state index in [1.54, 1.807) is 12.1 Å². The highest BCUT2D eigenvalue weighted by molar-refractivity contribution is 5.91. The van der Waals surface area contributed by atoms with E-state index in [1.807, 2.05) is 0 Å². The van der Waals surface area contributed by atoms with E-state index in [-0.39, 0.29) is 23.9 Å². The van der Waals surface area contributed by atoms with Gasteiger partial charge in [0, 0.05) is 24.8 Å². The van der Waals surface area contributed by atoms with Gasteiger partial charge in [0.1, 0.15) is 5.75 Å². The Morgan fingerprint density at radius 3 is 2.30 bits per heavy atom. The van der Waals surface area contributed by atoms with E-state index >= 15 is 0 Å². The van der Waals surface area contributed by atoms with E-state index in [4.69, 9.17) is 0 Å². The zero-order valence-corrected chi connectivity index (χ0v) is 13.9. The first kappa shape index (κ1) is 20.0. The summed E-state index contributed by atoms with van der Waals surface area (Å²) in [5.41, 5.74) is 1.27. The Kier molecular flexibility index (Phi) is 6.53. The zero-order chi connectivity index (χ0) is 19.9. The maximum absolute atomic E-state index is 12.1. The van der Waals surface area contributed by atoms with Gasteiger partial charge in [0.2, 0.25) is 5.91 Å². The maximum atomic E-state index is 12.1. The topological polar surface area (TPSA) is 81.5 Å². The van der Waals surface area contributed by atoms with Crippen molar-refractivity contribution in [2.75, 3.05) is 6.61 Å². The minimum absolute atomic E-state index is 0.0424. The van der Waals surface area contributed by atoms with Gasteiger partial charge in [-0.2, -0.15) is 13.2 Å². The van der Waals surface area contributed by atoms with Crippen molar-refractivity contribution < 1.29 is 27.6 Å². The van der Waals surface area contributed by atoms with Crippen LogP contribution in [0.4, 0.5) is 18.9 Å². The number of nitrogens with one attached hydrogen (secondary N) is 1. The molecule has 0 radical (unpaired) electrons. The van der Waals surface area contributed by atoms with E-state index < -0.39 is 17.7 Å². The van der Waals surface area contributed by atoms with Gasteiger partial charge in [-0.3, -0.25) is 14.9 Å². The number of ether oxygens (including phenoxy) is 1. The van der Waals surface area contributed by atoms with E-state index in [0.29, 0.717) is 11.1 Å². The number of carbonyl (C=O) groups excluding carboxylic acids is 1. The number of amides is 1. The lowest BCUT2D eigenvalue weighted by Crippen LogP contribution is -2.20. The molecule has 6 nitrogen and oxygen atoms in total. The lowest BCUT2D eigenvalue weighted by atomic mass is 10.2. The molecule has 0 aliphatic heterocycles. The van der Waals surface area contributed by atoms with E-state index in [2.05, 4.69) is 10.1 Å². The summed E-state index contributed by atoms with van der Waals surface area (Å²) in [4.78, 5) is 21.8. The second-order valence-corrected chi connectivity index (χ2v) is 5.45. The van der Waals surface area contributed by atoms with Crippen LogP contribution >= 0.6 is 0 Å². The normalized spacial score (nSPS) is 11.4. The fourth-order valence-corrected chi connectivity index (χ4v) is 2.00. The smallest absolute Gasteiger partial charge is 0.422 e. The third-order valence-electron chi connectivity index (χ3n) is 3.32. The Morgan fingerprint density at radius 2 is 1.74 bits per heavy atom. The predicted octanol–water partition coefficient (Wildman–Crippen LogP) is 3.87. The van der Waals surface area contributed by atoms with Gasteiger partial charge in [0.15, 0.2) is 6.61 Å². The molecule has 2 aromatic carbocycles. The molecule has 0 bridgehead atoms. The van der Waals surface area contributed by atoms with Crippen molar-refractivity contribution in [3.05, 3.63) is 75.8 Å². The Balaban J connectivity index is 1.81. The van der Waals surface area contributed by atoms with Gasteiger partial charge in [0.25, 0.3) is 5.69 Å². The highest BCUT2D eigenvalue weighted by Gasteiger charge is 2.28. The van der Waals surface area contributed by atoms with Crippen molar-refractivity contribution >= 4 is 17.7 Å². The fraction of sp³-hybridized carbons (Fsp3) is 0.167. The van der Waals surface area contributed by atoms with Gasteiger partial charge in [-0.1, -0.05) is 12.1 Å². The number of hydrogen-bond donors (Lipinski definition) is 1. The molecule has 0 aromatic heterocycles. The molecule has 2 aromatic rings. The standard InChI is InChI=1S/C18H15F3N2O4/c19-18(20,21)12-27-16-8-3-14(4-9-16)11-22-17(24)10-5-13-1-6-15(7-2-13)23(25)26/h1-10H,11-12H2,(H,22,24)/b10-5+. The Hall–Kier alpha value is -3.36. The number of hydrogen-bond acceptors (Lipinski definition) is 4. The van der Waals surface area contributed by atoms with Crippen LogP contribution in [0.15, 0.2) is 54.6 Å². The van der Waals surface area contributed by atoms with Gasteiger partial charge in [-0.25, -0.2) is 0 Å². The number of carbonyl (C=O) groups is 1. The van der Waals surface area contributed by atoms with Crippen LogP contribution in [-0.4, -0.2) is 23.6 Å². The first-order valence-corrected chi connectivity index (χ1v) is 7.72. The van der Waals surface area contributed by atoms with Gasteiger partial charge >= 0.3 is 6.18 Å². The summed E-state index contributed by atoms with van der Waals surface area (Å²) in [5.74, 6) is -0.300. The predicted molar refractivity (Wildman–Crippen MR) is 92.0 cm³/mol. The van der Waals surface area contributed by atoms with Gasteiger partial charge in [-0.05, 0) is 41.5 Å². The van der Waals surface area contributed by atoms with E-state index in [9.17, 15) is 28.1 Å². The summed E-state index contributed by atoms with van der Waals surface area (Å²) in [5, 5.41) is 13.2. The average Bonchev–Trinajstić information content (AvgIpc) is 2.63. The first-order chi connectivity index (χ1) is 12.7. The molecule has 9 heteroatoms. The Morgan fingerprint density at radius 1 is 1.11 bits per heavy atom. The van der Waals surface area contributed by atoms with Gasteiger partial charge < -0.3 is 10.1 Å². The van der Waals surface area contributed by atoms with Crippen LogP contribution in [0.25, 0.3) is 6.08 Å². The second kappa shape index (κ2) is 8.84. The fourth-order valence-electron chi connectivity index (χ4n) is 2.00. The summed E-state index contributed by atoms with van der Waals surface area (Å²) < 4.78 is 40.8. The number of alkyl halides is 3. The number of nitrogens with zero attached hydrogens (tertiary/aromatic N) is 1. The van der Waals surface area contributed by atoms with Crippen LogP contribution in [0.5, 0.6) is 5.75 Å². The third kappa shape index (κ3) is 7.18. The maximum Gasteiger partial charge on any atom is 0.422 e.